The predicted molar refractivity (Wildman–Crippen MR) is 66.9 cm³/mol. The molecule has 16 heavy (non-hydrogen) atoms. The van der Waals surface area contributed by atoms with E-state index in [9.17, 15) is 9.18 Å². The van der Waals surface area contributed by atoms with Crippen molar-refractivity contribution in [2.45, 2.75) is 26.7 Å². The van der Waals surface area contributed by atoms with Crippen LogP contribution in [0.4, 0.5) is 4.39 Å². The van der Waals surface area contributed by atoms with E-state index in [-0.39, 0.29) is 11.6 Å². The number of hydrogen-bond acceptors (Lipinski definition) is 1. The summed E-state index contributed by atoms with van der Waals surface area (Å²) in [5.74, 6) is -0.206. The molecule has 0 aliphatic carbocycles. The van der Waals surface area contributed by atoms with Crippen molar-refractivity contribution in [3.05, 3.63) is 45.7 Å². The average molecular weight is 285 g/mol. The lowest BCUT2D eigenvalue weighted by Gasteiger charge is -2.05. The second kappa shape index (κ2) is 5.94. The van der Waals surface area contributed by atoms with Crippen LogP contribution in [0, 0.1) is 5.82 Å². The molecular weight excluding hydrogens is 271 g/mol. The van der Waals surface area contributed by atoms with Crippen molar-refractivity contribution in [2.75, 3.05) is 0 Å². The summed E-state index contributed by atoms with van der Waals surface area (Å²) in [6.07, 6.45) is 2.88. The number of ketones is 1. The molecule has 0 bridgehead atoms. The maximum absolute atomic E-state index is 12.8. The molecule has 0 saturated carbocycles. The van der Waals surface area contributed by atoms with Gasteiger partial charge in [-0.25, -0.2) is 4.39 Å². The Balaban J connectivity index is 2.85. The molecule has 0 aromatic heterocycles. The number of carbonyl (C=O) groups is 1. The zero-order valence-corrected chi connectivity index (χ0v) is 11.0. The van der Waals surface area contributed by atoms with Gasteiger partial charge >= 0.3 is 0 Å². The Morgan fingerprint density at radius 3 is 2.69 bits per heavy atom. The SMILES string of the molecule is C/C=C(/CC)C(=O)Cc1ccc(F)cc1Br. The normalized spacial score (nSPS) is 11.6. The Bertz CT molecular complexity index is 424. The van der Waals surface area contributed by atoms with E-state index >= 15 is 0 Å². The van der Waals surface area contributed by atoms with E-state index in [0.717, 1.165) is 17.6 Å². The van der Waals surface area contributed by atoms with Crippen LogP contribution in [0.5, 0.6) is 0 Å². The van der Waals surface area contributed by atoms with Crippen LogP contribution >= 0.6 is 15.9 Å². The standard InChI is InChI=1S/C13H14BrFO/c1-3-9(4-2)13(16)7-10-5-6-11(15)8-12(10)14/h3,5-6,8H,4,7H2,1-2H3/b9-3-. The van der Waals surface area contributed by atoms with Crippen LogP contribution in [0.3, 0.4) is 0 Å². The second-order valence-corrected chi connectivity index (χ2v) is 4.36. The van der Waals surface area contributed by atoms with E-state index in [4.69, 9.17) is 0 Å². The highest BCUT2D eigenvalue weighted by Gasteiger charge is 2.10. The summed E-state index contributed by atoms with van der Waals surface area (Å²) >= 11 is 3.26. The monoisotopic (exact) mass is 284 g/mol. The van der Waals surface area contributed by atoms with Crippen LogP contribution < -0.4 is 0 Å². The molecule has 1 nitrogen and oxygen atoms in total. The third kappa shape index (κ3) is 3.27. The molecule has 1 aromatic carbocycles. The van der Waals surface area contributed by atoms with Gasteiger partial charge in [-0.3, -0.25) is 4.79 Å². The number of carbonyl (C=O) groups excluding carboxylic acids is 1. The summed E-state index contributed by atoms with van der Waals surface area (Å²) in [4.78, 5) is 11.8. The number of benzene rings is 1. The zero-order chi connectivity index (χ0) is 12.1. The Kier molecular flexibility index (Phi) is 4.87. The third-order valence-corrected chi connectivity index (χ3v) is 3.19. The number of hydrogen-bond donors (Lipinski definition) is 0. The molecule has 3 heteroatoms. The van der Waals surface area contributed by atoms with Gasteiger partial charge in [-0.05, 0) is 36.6 Å². The Morgan fingerprint density at radius 1 is 1.50 bits per heavy atom. The number of halogens is 2. The fourth-order valence-corrected chi connectivity index (χ4v) is 2.00. The van der Waals surface area contributed by atoms with Crippen LogP contribution in [0.2, 0.25) is 0 Å². The van der Waals surface area contributed by atoms with Crippen molar-refractivity contribution in [3.63, 3.8) is 0 Å². The van der Waals surface area contributed by atoms with Crippen molar-refractivity contribution >= 4 is 21.7 Å². The minimum absolute atomic E-state index is 0.0947. The van der Waals surface area contributed by atoms with Crippen LogP contribution in [0.15, 0.2) is 34.3 Å². The third-order valence-electron chi connectivity index (χ3n) is 2.45. The van der Waals surface area contributed by atoms with E-state index in [0.29, 0.717) is 10.9 Å². The lowest BCUT2D eigenvalue weighted by atomic mass is 10.0. The lowest BCUT2D eigenvalue weighted by molar-refractivity contribution is -0.115. The maximum atomic E-state index is 12.8. The quantitative estimate of drug-likeness (QED) is 0.762. The molecule has 0 N–H and O–H groups in total. The van der Waals surface area contributed by atoms with Crippen molar-refractivity contribution in [1.29, 1.82) is 0 Å². The molecule has 86 valence electrons. The summed E-state index contributed by atoms with van der Waals surface area (Å²) < 4.78 is 13.5. The van der Waals surface area contributed by atoms with Gasteiger partial charge in [-0.2, -0.15) is 0 Å². The fourth-order valence-electron chi connectivity index (χ4n) is 1.51. The maximum Gasteiger partial charge on any atom is 0.162 e. The largest absolute Gasteiger partial charge is 0.294 e. The summed E-state index contributed by atoms with van der Waals surface area (Å²) in [5, 5.41) is 0. The topological polar surface area (TPSA) is 17.1 Å². The van der Waals surface area contributed by atoms with Gasteiger partial charge in [0.05, 0.1) is 0 Å². The molecule has 0 aliphatic rings. The molecule has 1 aromatic rings. The van der Waals surface area contributed by atoms with Gasteiger partial charge in [0.15, 0.2) is 5.78 Å². The fraction of sp³-hybridized carbons (Fsp3) is 0.308. The molecule has 0 atom stereocenters. The summed E-state index contributed by atoms with van der Waals surface area (Å²) in [6, 6.07) is 4.39. The Labute approximate surface area is 103 Å². The van der Waals surface area contributed by atoms with Gasteiger partial charge in [0.2, 0.25) is 0 Å². The molecule has 1 rings (SSSR count). The van der Waals surface area contributed by atoms with Crippen molar-refractivity contribution < 1.29 is 9.18 Å². The minimum Gasteiger partial charge on any atom is -0.294 e. The first-order valence-corrected chi connectivity index (χ1v) is 6.00. The van der Waals surface area contributed by atoms with Crippen molar-refractivity contribution in [2.24, 2.45) is 0 Å². The first-order chi connectivity index (χ1) is 7.58. The van der Waals surface area contributed by atoms with Gasteiger partial charge in [-0.1, -0.05) is 35.0 Å². The average Bonchev–Trinajstić information content (AvgIpc) is 2.24. The number of allylic oxidation sites excluding steroid dienone is 2. The van der Waals surface area contributed by atoms with Crippen LogP contribution in [0.25, 0.3) is 0 Å². The Hall–Kier alpha value is -0.960. The molecule has 0 aliphatic heterocycles. The van der Waals surface area contributed by atoms with E-state index in [2.05, 4.69) is 15.9 Å². The van der Waals surface area contributed by atoms with E-state index < -0.39 is 0 Å². The van der Waals surface area contributed by atoms with Gasteiger partial charge in [0, 0.05) is 10.9 Å². The van der Waals surface area contributed by atoms with E-state index in [1.807, 2.05) is 19.9 Å². The number of Topliss-reactive ketones (excluding diaryl/α,β-unsaturated/α-hetero) is 1. The van der Waals surface area contributed by atoms with Crippen LogP contribution in [-0.4, -0.2) is 5.78 Å². The number of rotatable bonds is 4. The second-order valence-electron chi connectivity index (χ2n) is 3.50. The molecular formula is C13H14BrFO. The molecule has 0 unspecified atom stereocenters. The van der Waals surface area contributed by atoms with Gasteiger partial charge in [0.1, 0.15) is 5.82 Å². The first-order valence-electron chi connectivity index (χ1n) is 5.20. The van der Waals surface area contributed by atoms with Crippen molar-refractivity contribution in [1.82, 2.24) is 0 Å². The molecule has 0 spiro atoms. The van der Waals surface area contributed by atoms with Crippen LogP contribution in [0.1, 0.15) is 25.8 Å². The Morgan fingerprint density at radius 2 is 2.19 bits per heavy atom. The molecule has 0 radical (unpaired) electrons. The molecule has 0 fully saturated rings. The minimum atomic E-state index is -0.301. The summed E-state index contributed by atoms with van der Waals surface area (Å²) in [6.45, 7) is 3.81. The lowest BCUT2D eigenvalue weighted by Crippen LogP contribution is -2.06. The van der Waals surface area contributed by atoms with Crippen molar-refractivity contribution in [3.8, 4) is 0 Å². The van der Waals surface area contributed by atoms with Crippen LogP contribution in [-0.2, 0) is 11.2 Å². The summed E-state index contributed by atoms with van der Waals surface area (Å²) in [7, 11) is 0. The first kappa shape index (κ1) is 13.1. The van der Waals surface area contributed by atoms with E-state index in [1.54, 1.807) is 6.07 Å². The smallest absolute Gasteiger partial charge is 0.162 e. The highest BCUT2D eigenvalue weighted by atomic mass is 79.9. The van der Waals surface area contributed by atoms with Gasteiger partial charge in [-0.15, -0.1) is 0 Å². The molecule has 0 saturated heterocycles. The van der Waals surface area contributed by atoms with E-state index in [1.165, 1.54) is 12.1 Å². The van der Waals surface area contributed by atoms with Gasteiger partial charge < -0.3 is 0 Å². The predicted octanol–water partition coefficient (Wildman–Crippen LogP) is 4.06. The van der Waals surface area contributed by atoms with Gasteiger partial charge in [0.25, 0.3) is 0 Å². The highest BCUT2D eigenvalue weighted by molar-refractivity contribution is 9.10. The molecule has 0 amide bonds. The molecule has 0 heterocycles. The zero-order valence-electron chi connectivity index (χ0n) is 9.39. The highest BCUT2D eigenvalue weighted by Crippen LogP contribution is 2.20. The summed E-state index contributed by atoms with van der Waals surface area (Å²) in [5.41, 5.74) is 1.63.